The fraction of sp³-hybridized carbons (Fsp3) is 0.533. The van der Waals surface area contributed by atoms with Crippen LogP contribution in [0.5, 0.6) is 5.75 Å². The Hall–Kier alpha value is -1.51. The molecular weight excluding hydrogens is 228 g/mol. The van der Waals surface area contributed by atoms with Crippen molar-refractivity contribution < 1.29 is 14.6 Å². The molecule has 18 heavy (non-hydrogen) atoms. The van der Waals surface area contributed by atoms with Crippen molar-refractivity contribution in [3.8, 4) is 5.75 Å². The summed E-state index contributed by atoms with van der Waals surface area (Å²) in [6.07, 6.45) is 0.743. The Morgan fingerprint density at radius 1 is 1.28 bits per heavy atom. The second-order valence-electron chi connectivity index (χ2n) is 5.08. The molecule has 0 spiro atoms. The van der Waals surface area contributed by atoms with Crippen LogP contribution in [0.2, 0.25) is 0 Å². The summed E-state index contributed by atoms with van der Waals surface area (Å²) in [5.41, 5.74) is 2.20. The van der Waals surface area contributed by atoms with Crippen molar-refractivity contribution in [1.29, 1.82) is 0 Å². The molecule has 0 aliphatic carbocycles. The third kappa shape index (κ3) is 4.40. The Bertz CT molecular complexity index is 408. The summed E-state index contributed by atoms with van der Waals surface area (Å²) in [7, 11) is 0. The van der Waals surface area contributed by atoms with Gasteiger partial charge in [0.15, 0.2) is 0 Å². The van der Waals surface area contributed by atoms with Gasteiger partial charge in [-0.05, 0) is 43.4 Å². The van der Waals surface area contributed by atoms with Crippen LogP contribution in [0.25, 0.3) is 0 Å². The van der Waals surface area contributed by atoms with Crippen LogP contribution in [0, 0.1) is 0 Å². The van der Waals surface area contributed by atoms with E-state index in [2.05, 4.69) is 19.9 Å². The van der Waals surface area contributed by atoms with E-state index in [1.54, 1.807) is 0 Å². The maximum Gasteiger partial charge on any atom is 0.303 e. The van der Waals surface area contributed by atoms with E-state index in [1.165, 1.54) is 5.56 Å². The van der Waals surface area contributed by atoms with Gasteiger partial charge < -0.3 is 9.84 Å². The molecule has 0 fully saturated rings. The van der Waals surface area contributed by atoms with Crippen LogP contribution in [-0.2, 0) is 11.2 Å². The Labute approximate surface area is 109 Å². The maximum absolute atomic E-state index is 10.7. The summed E-state index contributed by atoms with van der Waals surface area (Å²) in [5.74, 6) is 0.456. The van der Waals surface area contributed by atoms with E-state index in [-0.39, 0.29) is 12.5 Å². The lowest BCUT2D eigenvalue weighted by Gasteiger charge is -2.16. The van der Waals surface area contributed by atoms with Gasteiger partial charge in [0.05, 0.1) is 6.10 Å². The fourth-order valence-electron chi connectivity index (χ4n) is 1.76. The molecule has 1 rings (SSSR count). The number of hydrogen-bond acceptors (Lipinski definition) is 2. The highest BCUT2D eigenvalue weighted by Gasteiger charge is 2.10. The van der Waals surface area contributed by atoms with Crippen molar-refractivity contribution in [1.82, 2.24) is 0 Å². The van der Waals surface area contributed by atoms with Crippen LogP contribution in [-0.4, -0.2) is 17.2 Å². The molecule has 1 aromatic rings. The van der Waals surface area contributed by atoms with Crippen LogP contribution in [0.1, 0.15) is 51.2 Å². The van der Waals surface area contributed by atoms with E-state index in [0.717, 1.165) is 11.3 Å². The average molecular weight is 250 g/mol. The number of benzene rings is 1. The first-order chi connectivity index (χ1) is 8.40. The number of aryl methyl sites for hydroxylation is 1. The lowest BCUT2D eigenvalue weighted by molar-refractivity contribution is -0.136. The van der Waals surface area contributed by atoms with Crippen molar-refractivity contribution in [3.05, 3.63) is 29.3 Å². The fourth-order valence-corrected chi connectivity index (χ4v) is 1.76. The first-order valence-corrected chi connectivity index (χ1v) is 6.41. The van der Waals surface area contributed by atoms with Crippen molar-refractivity contribution in [2.24, 2.45) is 0 Å². The van der Waals surface area contributed by atoms with Gasteiger partial charge in [0.2, 0.25) is 0 Å². The van der Waals surface area contributed by atoms with E-state index >= 15 is 0 Å². The molecule has 3 nitrogen and oxygen atoms in total. The van der Waals surface area contributed by atoms with Gasteiger partial charge in [-0.3, -0.25) is 4.79 Å². The van der Waals surface area contributed by atoms with Crippen molar-refractivity contribution in [3.63, 3.8) is 0 Å². The number of carboxylic acid groups (broad SMARTS) is 1. The van der Waals surface area contributed by atoms with E-state index in [1.807, 2.05) is 26.0 Å². The first kappa shape index (κ1) is 14.6. The highest BCUT2D eigenvalue weighted by atomic mass is 16.5. The zero-order chi connectivity index (χ0) is 13.7. The number of carbonyl (C=O) groups is 1. The van der Waals surface area contributed by atoms with E-state index in [0.29, 0.717) is 12.3 Å². The molecular formula is C15H22O3. The lowest BCUT2D eigenvalue weighted by atomic mass is 9.98. The van der Waals surface area contributed by atoms with Crippen LogP contribution in [0.3, 0.4) is 0 Å². The number of hydrogen-bond donors (Lipinski definition) is 1. The smallest absolute Gasteiger partial charge is 0.303 e. The monoisotopic (exact) mass is 250 g/mol. The first-order valence-electron chi connectivity index (χ1n) is 6.41. The van der Waals surface area contributed by atoms with Crippen LogP contribution in [0.4, 0.5) is 0 Å². The molecule has 0 aliphatic rings. The van der Waals surface area contributed by atoms with Crippen LogP contribution < -0.4 is 4.74 Å². The summed E-state index contributed by atoms with van der Waals surface area (Å²) in [6, 6.07) is 6.06. The Morgan fingerprint density at radius 2 is 1.94 bits per heavy atom. The minimum atomic E-state index is -0.777. The Morgan fingerprint density at radius 3 is 2.44 bits per heavy atom. The topological polar surface area (TPSA) is 46.5 Å². The molecule has 0 saturated carbocycles. The molecule has 0 aromatic heterocycles. The zero-order valence-corrected chi connectivity index (χ0v) is 11.6. The molecule has 3 heteroatoms. The molecule has 100 valence electrons. The summed E-state index contributed by atoms with van der Waals surface area (Å²) >= 11 is 0. The summed E-state index contributed by atoms with van der Waals surface area (Å²) in [5, 5.41) is 8.79. The predicted octanol–water partition coefficient (Wildman–Crippen LogP) is 3.61. The summed E-state index contributed by atoms with van der Waals surface area (Å²) in [6.45, 7) is 8.19. The Balaban J connectivity index is 2.97. The molecule has 0 bridgehead atoms. The highest BCUT2D eigenvalue weighted by Crippen LogP contribution is 2.26. The number of aliphatic carboxylic acids is 1. The summed E-state index contributed by atoms with van der Waals surface area (Å²) in [4.78, 5) is 10.7. The SMILES string of the molecule is CC(C)Oc1ccc(C(C)C)cc1CCC(=O)O. The molecule has 0 aliphatic heterocycles. The molecule has 0 unspecified atom stereocenters. The van der Waals surface area contributed by atoms with E-state index < -0.39 is 5.97 Å². The number of ether oxygens (including phenoxy) is 1. The highest BCUT2D eigenvalue weighted by molar-refractivity contribution is 5.67. The summed E-state index contributed by atoms with van der Waals surface area (Å²) < 4.78 is 5.72. The zero-order valence-electron chi connectivity index (χ0n) is 11.6. The van der Waals surface area contributed by atoms with Gasteiger partial charge in [0.25, 0.3) is 0 Å². The quantitative estimate of drug-likeness (QED) is 0.838. The standard InChI is InChI=1S/C15H22O3/c1-10(2)12-5-7-14(18-11(3)4)13(9-12)6-8-15(16)17/h5,7,9-11H,6,8H2,1-4H3,(H,16,17). The second-order valence-corrected chi connectivity index (χ2v) is 5.08. The Kier molecular flexibility index (Phi) is 5.20. The second kappa shape index (κ2) is 6.43. The molecule has 0 radical (unpaired) electrons. The normalized spacial score (nSPS) is 11.0. The van der Waals surface area contributed by atoms with Crippen molar-refractivity contribution in [2.75, 3.05) is 0 Å². The number of rotatable bonds is 6. The van der Waals surface area contributed by atoms with E-state index in [9.17, 15) is 4.79 Å². The maximum atomic E-state index is 10.7. The van der Waals surface area contributed by atoms with E-state index in [4.69, 9.17) is 9.84 Å². The van der Waals surface area contributed by atoms with Gasteiger partial charge in [-0.1, -0.05) is 26.0 Å². The third-order valence-electron chi connectivity index (χ3n) is 2.72. The van der Waals surface area contributed by atoms with Gasteiger partial charge in [-0.2, -0.15) is 0 Å². The predicted molar refractivity (Wildman–Crippen MR) is 72.3 cm³/mol. The molecule has 0 heterocycles. The molecule has 0 amide bonds. The molecule has 1 N–H and O–H groups in total. The third-order valence-corrected chi connectivity index (χ3v) is 2.72. The lowest BCUT2D eigenvalue weighted by Crippen LogP contribution is -2.09. The van der Waals surface area contributed by atoms with Crippen LogP contribution >= 0.6 is 0 Å². The molecule has 1 aromatic carbocycles. The minimum Gasteiger partial charge on any atom is -0.491 e. The molecule has 0 atom stereocenters. The van der Waals surface area contributed by atoms with Gasteiger partial charge in [-0.25, -0.2) is 0 Å². The number of carboxylic acids is 1. The largest absolute Gasteiger partial charge is 0.491 e. The minimum absolute atomic E-state index is 0.0958. The molecule has 0 saturated heterocycles. The van der Waals surface area contributed by atoms with Gasteiger partial charge in [0.1, 0.15) is 5.75 Å². The van der Waals surface area contributed by atoms with Gasteiger partial charge in [-0.15, -0.1) is 0 Å². The van der Waals surface area contributed by atoms with Crippen molar-refractivity contribution in [2.45, 2.75) is 52.6 Å². The van der Waals surface area contributed by atoms with Crippen LogP contribution in [0.15, 0.2) is 18.2 Å². The average Bonchev–Trinajstić information content (AvgIpc) is 2.26. The van der Waals surface area contributed by atoms with Crippen molar-refractivity contribution >= 4 is 5.97 Å². The van der Waals surface area contributed by atoms with Gasteiger partial charge in [0, 0.05) is 6.42 Å². The van der Waals surface area contributed by atoms with Gasteiger partial charge >= 0.3 is 5.97 Å².